The van der Waals surface area contributed by atoms with Gasteiger partial charge in [-0.05, 0) is 17.0 Å². The SMILES string of the molecule is CC(C)c1ccc(C[NH+](C)CC(=O)NCc2ccc(C[NH+]3CCOCC3)cc2)cc1. The molecule has 0 spiro atoms. The van der Waals surface area contributed by atoms with Gasteiger partial charge in [0.25, 0.3) is 5.91 Å². The molecule has 1 aliphatic rings. The predicted octanol–water partition coefficient (Wildman–Crippen LogP) is 0.556. The van der Waals surface area contributed by atoms with Gasteiger partial charge in [0, 0.05) is 17.7 Å². The third-order valence-corrected chi connectivity index (χ3v) is 5.78. The molecule has 1 saturated heterocycles. The molecule has 30 heavy (non-hydrogen) atoms. The number of hydrogen-bond acceptors (Lipinski definition) is 2. The molecule has 162 valence electrons. The van der Waals surface area contributed by atoms with E-state index < -0.39 is 0 Å². The lowest BCUT2D eigenvalue weighted by molar-refractivity contribution is -0.921. The fourth-order valence-corrected chi connectivity index (χ4v) is 3.87. The van der Waals surface area contributed by atoms with E-state index >= 15 is 0 Å². The molecule has 3 rings (SSSR count). The lowest BCUT2D eigenvalue weighted by atomic mass is 10.0. The van der Waals surface area contributed by atoms with E-state index in [0.29, 0.717) is 19.0 Å². The van der Waals surface area contributed by atoms with Crippen molar-refractivity contribution in [2.24, 2.45) is 0 Å². The second-order valence-electron chi connectivity index (χ2n) is 8.84. The molecule has 0 saturated carbocycles. The predicted molar refractivity (Wildman–Crippen MR) is 119 cm³/mol. The van der Waals surface area contributed by atoms with E-state index in [1.54, 1.807) is 4.90 Å². The normalized spacial score (nSPS) is 15.9. The Hall–Kier alpha value is -2.21. The standard InChI is InChI=1S/C25H35N3O2/c1-20(2)24-10-8-22(9-11-24)17-27(3)19-25(29)26-16-21-4-6-23(7-5-21)18-28-12-14-30-15-13-28/h4-11,20H,12-19H2,1-3H3,(H,26,29)/p+2. The average Bonchev–Trinajstić information content (AvgIpc) is 2.74. The minimum atomic E-state index is 0.0909. The molecule has 5 heteroatoms. The number of morpholine rings is 1. The molecule has 0 bridgehead atoms. The summed E-state index contributed by atoms with van der Waals surface area (Å²) in [5, 5.41) is 3.06. The van der Waals surface area contributed by atoms with Gasteiger partial charge in [-0.3, -0.25) is 4.79 Å². The van der Waals surface area contributed by atoms with Crippen molar-refractivity contribution in [1.29, 1.82) is 0 Å². The highest BCUT2D eigenvalue weighted by Crippen LogP contribution is 2.14. The quantitative estimate of drug-likeness (QED) is 0.565. The summed E-state index contributed by atoms with van der Waals surface area (Å²) in [4.78, 5) is 15.1. The fraction of sp³-hybridized carbons (Fsp3) is 0.480. The summed E-state index contributed by atoms with van der Waals surface area (Å²) in [5.41, 5.74) is 5.11. The number of benzene rings is 2. The van der Waals surface area contributed by atoms with Gasteiger partial charge in [-0.2, -0.15) is 0 Å². The van der Waals surface area contributed by atoms with Crippen molar-refractivity contribution in [2.45, 2.75) is 39.4 Å². The van der Waals surface area contributed by atoms with Crippen LogP contribution in [0.3, 0.4) is 0 Å². The summed E-state index contributed by atoms with van der Waals surface area (Å²) in [5.74, 6) is 0.637. The average molecular weight is 412 g/mol. The van der Waals surface area contributed by atoms with Crippen LogP contribution in [-0.4, -0.2) is 45.8 Å². The first-order valence-electron chi connectivity index (χ1n) is 11.2. The molecule has 0 aromatic heterocycles. The van der Waals surface area contributed by atoms with Crippen LogP contribution in [0.25, 0.3) is 0 Å². The Labute approximate surface area is 181 Å². The van der Waals surface area contributed by atoms with Gasteiger partial charge < -0.3 is 19.9 Å². The number of nitrogens with one attached hydrogen (secondary N) is 3. The van der Waals surface area contributed by atoms with Crippen LogP contribution in [0.2, 0.25) is 0 Å². The van der Waals surface area contributed by atoms with Crippen LogP contribution >= 0.6 is 0 Å². The largest absolute Gasteiger partial charge is 0.370 e. The smallest absolute Gasteiger partial charge is 0.275 e. The van der Waals surface area contributed by atoms with Crippen molar-refractivity contribution in [3.05, 3.63) is 70.8 Å². The lowest BCUT2D eigenvalue weighted by Gasteiger charge is -2.23. The molecule has 5 nitrogen and oxygen atoms in total. The van der Waals surface area contributed by atoms with Gasteiger partial charge in [-0.25, -0.2) is 0 Å². The molecule has 1 heterocycles. The van der Waals surface area contributed by atoms with Crippen molar-refractivity contribution in [1.82, 2.24) is 5.32 Å². The van der Waals surface area contributed by atoms with E-state index in [-0.39, 0.29) is 5.91 Å². The minimum absolute atomic E-state index is 0.0909. The number of hydrogen-bond donors (Lipinski definition) is 3. The Morgan fingerprint density at radius 3 is 2.23 bits per heavy atom. The minimum Gasteiger partial charge on any atom is -0.370 e. The van der Waals surface area contributed by atoms with Crippen molar-refractivity contribution in [3.8, 4) is 0 Å². The highest BCUT2D eigenvalue weighted by atomic mass is 16.5. The van der Waals surface area contributed by atoms with Gasteiger partial charge in [-0.1, -0.05) is 62.4 Å². The molecule has 1 amide bonds. The molecule has 2 aromatic carbocycles. The Balaban J connectivity index is 1.39. The van der Waals surface area contributed by atoms with Crippen molar-refractivity contribution in [3.63, 3.8) is 0 Å². The van der Waals surface area contributed by atoms with Gasteiger partial charge in [0.2, 0.25) is 0 Å². The molecular weight excluding hydrogens is 374 g/mol. The van der Waals surface area contributed by atoms with Gasteiger partial charge >= 0.3 is 0 Å². The Kier molecular flexibility index (Phi) is 8.43. The van der Waals surface area contributed by atoms with Gasteiger partial charge in [0.05, 0.1) is 20.3 Å². The summed E-state index contributed by atoms with van der Waals surface area (Å²) in [7, 11) is 2.07. The van der Waals surface area contributed by atoms with Gasteiger partial charge in [0.15, 0.2) is 6.54 Å². The highest BCUT2D eigenvalue weighted by Gasteiger charge is 2.14. The maximum Gasteiger partial charge on any atom is 0.275 e. The van der Waals surface area contributed by atoms with Crippen molar-refractivity contribution >= 4 is 5.91 Å². The molecule has 0 radical (unpaired) electrons. The first kappa shape index (κ1) is 22.5. The maximum absolute atomic E-state index is 12.3. The zero-order valence-corrected chi connectivity index (χ0v) is 18.7. The van der Waals surface area contributed by atoms with Crippen LogP contribution in [0.1, 0.15) is 42.0 Å². The monoisotopic (exact) mass is 411 g/mol. The van der Waals surface area contributed by atoms with Crippen molar-refractivity contribution in [2.75, 3.05) is 39.9 Å². The molecular formula is C25H37N3O2+2. The molecule has 1 unspecified atom stereocenters. The molecule has 1 fully saturated rings. The van der Waals surface area contributed by atoms with E-state index in [1.165, 1.54) is 21.6 Å². The number of carbonyl (C=O) groups is 1. The molecule has 3 N–H and O–H groups in total. The van der Waals surface area contributed by atoms with E-state index in [4.69, 9.17) is 4.74 Å². The van der Waals surface area contributed by atoms with Crippen LogP contribution in [0.5, 0.6) is 0 Å². The highest BCUT2D eigenvalue weighted by molar-refractivity contribution is 5.76. The summed E-state index contributed by atoms with van der Waals surface area (Å²) in [6.45, 7) is 11.2. The van der Waals surface area contributed by atoms with E-state index in [9.17, 15) is 4.79 Å². The number of likely N-dealkylation sites (N-methyl/N-ethyl adjacent to an activating group) is 1. The summed E-state index contributed by atoms with van der Waals surface area (Å²) in [6, 6.07) is 17.4. The molecule has 1 aliphatic heterocycles. The summed E-state index contributed by atoms with van der Waals surface area (Å²) in [6.07, 6.45) is 0. The van der Waals surface area contributed by atoms with E-state index in [0.717, 1.165) is 45.0 Å². The second kappa shape index (κ2) is 11.3. The number of rotatable bonds is 9. The number of amides is 1. The van der Waals surface area contributed by atoms with E-state index in [2.05, 4.69) is 74.7 Å². The van der Waals surface area contributed by atoms with Crippen LogP contribution in [0.4, 0.5) is 0 Å². The van der Waals surface area contributed by atoms with Crippen LogP contribution in [0.15, 0.2) is 48.5 Å². The zero-order valence-electron chi connectivity index (χ0n) is 18.7. The van der Waals surface area contributed by atoms with Gasteiger partial charge in [0.1, 0.15) is 26.2 Å². The number of ether oxygens (including phenoxy) is 1. The molecule has 2 aromatic rings. The Bertz CT molecular complexity index is 781. The van der Waals surface area contributed by atoms with Gasteiger partial charge in [-0.15, -0.1) is 0 Å². The van der Waals surface area contributed by atoms with E-state index in [1.807, 2.05) is 0 Å². The zero-order chi connectivity index (χ0) is 21.3. The summed E-state index contributed by atoms with van der Waals surface area (Å²) < 4.78 is 5.42. The third-order valence-electron chi connectivity index (χ3n) is 5.78. The van der Waals surface area contributed by atoms with Crippen LogP contribution in [-0.2, 0) is 29.2 Å². The number of quaternary nitrogens is 2. The van der Waals surface area contributed by atoms with Crippen LogP contribution < -0.4 is 15.1 Å². The lowest BCUT2D eigenvalue weighted by Crippen LogP contribution is -3.12. The summed E-state index contributed by atoms with van der Waals surface area (Å²) >= 11 is 0. The molecule has 0 aliphatic carbocycles. The molecule has 1 atom stereocenters. The van der Waals surface area contributed by atoms with Crippen LogP contribution in [0, 0.1) is 0 Å². The Morgan fingerprint density at radius 2 is 1.60 bits per heavy atom. The fourth-order valence-electron chi connectivity index (χ4n) is 3.87. The Morgan fingerprint density at radius 1 is 1.00 bits per heavy atom. The maximum atomic E-state index is 12.3. The second-order valence-corrected chi connectivity index (χ2v) is 8.84. The topological polar surface area (TPSA) is 47.2 Å². The first-order chi connectivity index (χ1) is 14.5. The third kappa shape index (κ3) is 7.24. The number of carbonyl (C=O) groups excluding carboxylic acids is 1. The van der Waals surface area contributed by atoms with Crippen molar-refractivity contribution < 1.29 is 19.3 Å². The first-order valence-corrected chi connectivity index (χ1v) is 11.2.